The monoisotopic (exact) mass is 260 g/mol. The number of nitrogens with one attached hydrogen (secondary N) is 2. The molecule has 0 radical (unpaired) electrons. The molecule has 0 saturated heterocycles. The van der Waals surface area contributed by atoms with E-state index in [1.165, 1.54) is 24.2 Å². The minimum absolute atomic E-state index is 0. The first-order valence-electron chi connectivity index (χ1n) is 5.38. The minimum atomic E-state index is 0. The summed E-state index contributed by atoms with van der Waals surface area (Å²) >= 11 is 1.50. The average Bonchev–Trinajstić information content (AvgIpc) is 2.86. The fourth-order valence-corrected chi connectivity index (χ4v) is 2.68. The van der Waals surface area contributed by atoms with Gasteiger partial charge in [0.05, 0.1) is 9.88 Å². The van der Waals surface area contributed by atoms with Crippen molar-refractivity contribution >= 4 is 34.7 Å². The lowest BCUT2D eigenvalue weighted by atomic mass is 10.2. The van der Waals surface area contributed by atoms with Gasteiger partial charge in [0.2, 0.25) is 0 Å². The topological polar surface area (TPSA) is 41.1 Å². The summed E-state index contributed by atoms with van der Waals surface area (Å²) in [5.74, 6) is 0.0772. The molecule has 1 aliphatic carbocycles. The summed E-state index contributed by atoms with van der Waals surface area (Å²) in [5, 5.41) is 7.14. The summed E-state index contributed by atoms with van der Waals surface area (Å²) in [4.78, 5) is 12.6. The maximum Gasteiger partial charge on any atom is 0.261 e. The molecule has 1 aliphatic rings. The van der Waals surface area contributed by atoms with Gasteiger partial charge in [0.25, 0.3) is 5.91 Å². The van der Waals surface area contributed by atoms with E-state index in [-0.39, 0.29) is 18.3 Å². The summed E-state index contributed by atoms with van der Waals surface area (Å²) in [5.41, 5.74) is 0. The van der Waals surface area contributed by atoms with Crippen molar-refractivity contribution in [2.24, 2.45) is 0 Å². The third-order valence-electron chi connectivity index (χ3n) is 2.77. The van der Waals surface area contributed by atoms with E-state index < -0.39 is 0 Å². The van der Waals surface area contributed by atoms with E-state index in [1.807, 2.05) is 19.2 Å². The fraction of sp³-hybridized carbons (Fsp3) is 0.545. The van der Waals surface area contributed by atoms with Crippen molar-refractivity contribution in [2.45, 2.75) is 31.7 Å². The first-order chi connectivity index (χ1) is 7.29. The zero-order valence-electron chi connectivity index (χ0n) is 9.29. The highest BCUT2D eigenvalue weighted by molar-refractivity contribution is 7.17. The van der Waals surface area contributed by atoms with E-state index in [1.54, 1.807) is 0 Å². The number of carbonyl (C=O) groups is 1. The molecule has 2 N–H and O–H groups in total. The van der Waals surface area contributed by atoms with E-state index in [2.05, 4.69) is 10.6 Å². The van der Waals surface area contributed by atoms with Crippen LogP contribution in [0, 0.1) is 0 Å². The first-order valence-corrected chi connectivity index (χ1v) is 6.19. The number of anilines is 1. The molecule has 0 aliphatic heterocycles. The standard InChI is InChI=1S/C11H16N2OS.ClH/c1-12-10-7-6-9(15-10)11(14)13-8-4-2-3-5-8;/h6-8,12H,2-5H2,1H3,(H,13,14);1H. The lowest BCUT2D eigenvalue weighted by Gasteiger charge is -2.10. The highest BCUT2D eigenvalue weighted by Gasteiger charge is 2.18. The number of halogens is 1. The molecular formula is C11H17ClN2OS. The van der Waals surface area contributed by atoms with Gasteiger partial charge >= 0.3 is 0 Å². The fourth-order valence-electron chi connectivity index (χ4n) is 1.92. The molecule has 16 heavy (non-hydrogen) atoms. The van der Waals surface area contributed by atoms with E-state index in [0.717, 1.165) is 22.7 Å². The van der Waals surface area contributed by atoms with Crippen LogP contribution in [-0.2, 0) is 0 Å². The molecule has 5 heteroatoms. The molecule has 1 heterocycles. The number of hydrogen-bond donors (Lipinski definition) is 2. The number of hydrogen-bond acceptors (Lipinski definition) is 3. The molecule has 0 atom stereocenters. The van der Waals surface area contributed by atoms with Crippen LogP contribution in [0.4, 0.5) is 5.00 Å². The number of carbonyl (C=O) groups excluding carboxylic acids is 1. The van der Waals surface area contributed by atoms with Crippen LogP contribution < -0.4 is 10.6 Å². The molecule has 0 aromatic carbocycles. The van der Waals surface area contributed by atoms with Gasteiger partial charge in [-0.15, -0.1) is 23.7 Å². The molecule has 1 aromatic heterocycles. The number of rotatable bonds is 3. The molecule has 0 bridgehead atoms. The van der Waals surface area contributed by atoms with Crippen molar-refractivity contribution in [1.29, 1.82) is 0 Å². The van der Waals surface area contributed by atoms with Crippen molar-refractivity contribution in [1.82, 2.24) is 5.32 Å². The van der Waals surface area contributed by atoms with Gasteiger partial charge < -0.3 is 10.6 Å². The Morgan fingerprint density at radius 2 is 2.06 bits per heavy atom. The molecule has 1 fully saturated rings. The predicted octanol–water partition coefficient (Wildman–Crippen LogP) is 2.88. The summed E-state index contributed by atoms with van der Waals surface area (Å²) in [7, 11) is 1.87. The lowest BCUT2D eigenvalue weighted by Crippen LogP contribution is -2.31. The van der Waals surface area contributed by atoms with Crippen LogP contribution in [0.1, 0.15) is 35.4 Å². The minimum Gasteiger partial charge on any atom is -0.380 e. The zero-order chi connectivity index (χ0) is 10.7. The van der Waals surface area contributed by atoms with Gasteiger partial charge in [0, 0.05) is 13.1 Å². The molecule has 1 saturated carbocycles. The van der Waals surface area contributed by atoms with E-state index >= 15 is 0 Å². The Morgan fingerprint density at radius 3 is 2.62 bits per heavy atom. The second-order valence-corrected chi connectivity index (χ2v) is 4.95. The van der Waals surface area contributed by atoms with Gasteiger partial charge in [-0.2, -0.15) is 0 Å². The van der Waals surface area contributed by atoms with Gasteiger partial charge in [-0.25, -0.2) is 0 Å². The van der Waals surface area contributed by atoms with Crippen molar-refractivity contribution in [2.75, 3.05) is 12.4 Å². The van der Waals surface area contributed by atoms with Crippen LogP contribution in [0.5, 0.6) is 0 Å². The smallest absolute Gasteiger partial charge is 0.261 e. The van der Waals surface area contributed by atoms with Crippen LogP contribution >= 0.6 is 23.7 Å². The van der Waals surface area contributed by atoms with E-state index in [4.69, 9.17) is 0 Å². The summed E-state index contributed by atoms with van der Waals surface area (Å²) < 4.78 is 0. The average molecular weight is 261 g/mol. The molecule has 90 valence electrons. The SMILES string of the molecule is CNc1ccc(C(=O)NC2CCCC2)s1.Cl. The Labute approximate surface area is 106 Å². The number of thiophene rings is 1. The lowest BCUT2D eigenvalue weighted by molar-refractivity contribution is 0.0942. The Balaban J connectivity index is 0.00000128. The zero-order valence-corrected chi connectivity index (χ0v) is 10.9. The van der Waals surface area contributed by atoms with Crippen molar-refractivity contribution < 1.29 is 4.79 Å². The molecule has 3 nitrogen and oxygen atoms in total. The van der Waals surface area contributed by atoms with Gasteiger partial charge in [-0.05, 0) is 25.0 Å². The Hall–Kier alpha value is -0.740. The van der Waals surface area contributed by atoms with Crippen molar-refractivity contribution in [3.63, 3.8) is 0 Å². The second kappa shape index (κ2) is 6.11. The normalized spacial score (nSPS) is 15.6. The summed E-state index contributed by atoms with van der Waals surface area (Å²) in [6.45, 7) is 0. The maximum absolute atomic E-state index is 11.8. The summed E-state index contributed by atoms with van der Waals surface area (Å²) in [6.07, 6.45) is 4.76. The Morgan fingerprint density at radius 1 is 1.38 bits per heavy atom. The quantitative estimate of drug-likeness (QED) is 0.878. The maximum atomic E-state index is 11.8. The molecule has 0 spiro atoms. The molecule has 0 unspecified atom stereocenters. The van der Waals surface area contributed by atoms with E-state index in [0.29, 0.717) is 6.04 Å². The highest BCUT2D eigenvalue weighted by Crippen LogP contribution is 2.22. The third kappa shape index (κ3) is 3.12. The second-order valence-electron chi connectivity index (χ2n) is 3.87. The van der Waals surface area contributed by atoms with Crippen LogP contribution in [0.15, 0.2) is 12.1 Å². The Bertz CT molecular complexity index is 348. The predicted molar refractivity (Wildman–Crippen MR) is 70.8 cm³/mol. The summed E-state index contributed by atoms with van der Waals surface area (Å²) in [6, 6.07) is 4.22. The van der Waals surface area contributed by atoms with Gasteiger partial charge in [-0.1, -0.05) is 12.8 Å². The highest BCUT2D eigenvalue weighted by atomic mass is 35.5. The van der Waals surface area contributed by atoms with Gasteiger partial charge in [-0.3, -0.25) is 4.79 Å². The van der Waals surface area contributed by atoms with Gasteiger partial charge in [0.15, 0.2) is 0 Å². The van der Waals surface area contributed by atoms with Crippen LogP contribution in [0.3, 0.4) is 0 Å². The first kappa shape index (κ1) is 13.3. The largest absolute Gasteiger partial charge is 0.380 e. The Kier molecular flexibility index (Phi) is 5.09. The van der Waals surface area contributed by atoms with Crippen LogP contribution in [0.2, 0.25) is 0 Å². The van der Waals surface area contributed by atoms with Gasteiger partial charge in [0.1, 0.15) is 0 Å². The molecule has 1 aromatic rings. The third-order valence-corrected chi connectivity index (χ3v) is 3.87. The van der Waals surface area contributed by atoms with Crippen LogP contribution in [-0.4, -0.2) is 19.0 Å². The number of amides is 1. The molecule has 2 rings (SSSR count). The molecule has 1 amide bonds. The van der Waals surface area contributed by atoms with E-state index in [9.17, 15) is 4.79 Å². The van der Waals surface area contributed by atoms with Crippen molar-refractivity contribution in [3.05, 3.63) is 17.0 Å². The van der Waals surface area contributed by atoms with Crippen molar-refractivity contribution in [3.8, 4) is 0 Å². The van der Waals surface area contributed by atoms with Crippen LogP contribution in [0.25, 0.3) is 0 Å². The molecular weight excluding hydrogens is 244 g/mol.